The molecule has 0 aromatic rings. The Labute approximate surface area is 109 Å². The molecule has 0 radical (unpaired) electrons. The maximum Gasteiger partial charge on any atom is 2.00 e. The summed E-state index contributed by atoms with van der Waals surface area (Å²) in [4.78, 5) is 30.7. The van der Waals surface area contributed by atoms with E-state index in [2.05, 4.69) is 4.52 Å². The number of ketones is 1. The van der Waals surface area contributed by atoms with E-state index in [1.807, 2.05) is 0 Å². The normalized spacial score (nSPS) is 16.8. The van der Waals surface area contributed by atoms with Gasteiger partial charge in [-0.15, -0.1) is 0 Å². The summed E-state index contributed by atoms with van der Waals surface area (Å²) in [6.07, 6.45) is -6.12. The van der Waals surface area contributed by atoms with Gasteiger partial charge in [0.15, 0.2) is 5.78 Å². The maximum atomic E-state index is 10.7. The van der Waals surface area contributed by atoms with E-state index in [0.717, 1.165) is 0 Å². The molecule has 9 nitrogen and oxygen atoms in total. The van der Waals surface area contributed by atoms with Crippen LogP contribution in [0.5, 0.6) is 0 Å². The Kier molecular flexibility index (Phi) is 9.63. The minimum Gasteiger partial charge on any atom is -0.790 e. The summed E-state index contributed by atoms with van der Waals surface area (Å²) in [6.45, 7) is -2.16. The molecule has 0 saturated heterocycles. The molecule has 96 valence electrons. The summed E-state index contributed by atoms with van der Waals surface area (Å²) < 4.78 is 13.6. The first-order valence-corrected chi connectivity index (χ1v) is 5.49. The van der Waals surface area contributed by atoms with Crippen LogP contribution < -0.4 is 9.79 Å². The molecule has 0 aliphatic rings. The van der Waals surface area contributed by atoms with Crippen molar-refractivity contribution >= 4 is 13.6 Å². The number of phosphoric ester groups is 1. The molecule has 0 bridgehead atoms. The third kappa shape index (κ3) is 8.04. The van der Waals surface area contributed by atoms with Crippen LogP contribution in [0.25, 0.3) is 0 Å². The molecule has 0 aromatic carbocycles. The minimum absolute atomic E-state index is 0. The quantitative estimate of drug-likeness (QED) is 0.266. The first-order chi connectivity index (χ1) is 7.19. The predicted molar refractivity (Wildman–Crippen MR) is 43.7 cm³/mol. The van der Waals surface area contributed by atoms with Crippen molar-refractivity contribution < 1.29 is 63.6 Å². The maximum absolute atomic E-state index is 10.7. The van der Waals surface area contributed by atoms with E-state index in [1.165, 1.54) is 0 Å². The Bertz CT molecular complexity index is 279. The Morgan fingerprint density at radius 1 is 1.29 bits per heavy atom. The fourth-order valence-corrected chi connectivity index (χ4v) is 1.10. The molecule has 0 spiro atoms. The second-order valence-electron chi connectivity index (χ2n) is 2.87. The van der Waals surface area contributed by atoms with Crippen LogP contribution >= 0.6 is 7.82 Å². The van der Waals surface area contributed by atoms with E-state index in [4.69, 9.17) is 20.4 Å². The standard InChI is InChI=1S/C6H13O9P.Zn/c7-1-3(8)5(10)6(11)4(9)2-15-16(12,13)14;/h4-7,9-11H,1-2H2,(H2,12,13,14);/q;+2/p-2/t4-,5-,6-;/m1./s1. The molecular weight excluding hydrogens is 312 g/mol. The predicted octanol–water partition coefficient (Wildman–Crippen LogP) is -4.53. The van der Waals surface area contributed by atoms with E-state index in [0.29, 0.717) is 0 Å². The van der Waals surface area contributed by atoms with Crippen molar-refractivity contribution in [3.8, 4) is 0 Å². The van der Waals surface area contributed by atoms with Crippen LogP contribution in [-0.4, -0.2) is 57.7 Å². The number of aliphatic hydroxyl groups excluding tert-OH is 4. The molecule has 0 heterocycles. The van der Waals surface area contributed by atoms with Gasteiger partial charge in [-0.25, -0.2) is 0 Å². The van der Waals surface area contributed by atoms with Gasteiger partial charge in [0.05, 0.1) is 14.4 Å². The molecule has 0 rings (SSSR count). The molecule has 0 unspecified atom stereocenters. The number of phosphoric acid groups is 1. The smallest absolute Gasteiger partial charge is 0.790 e. The van der Waals surface area contributed by atoms with Gasteiger partial charge in [0.1, 0.15) is 24.9 Å². The molecule has 0 fully saturated rings. The van der Waals surface area contributed by atoms with E-state index >= 15 is 0 Å². The van der Waals surface area contributed by atoms with Gasteiger partial charge in [0, 0.05) is 0 Å². The Balaban J connectivity index is 0. The number of rotatable bonds is 7. The van der Waals surface area contributed by atoms with Gasteiger partial charge in [-0.2, -0.15) is 0 Å². The van der Waals surface area contributed by atoms with Crippen molar-refractivity contribution in [3.05, 3.63) is 0 Å². The monoisotopic (exact) mass is 322 g/mol. The Hall–Kier alpha value is 0.243. The summed E-state index contributed by atoms with van der Waals surface area (Å²) in [5.74, 6) is -1.17. The van der Waals surface area contributed by atoms with Gasteiger partial charge in [0.25, 0.3) is 0 Å². The van der Waals surface area contributed by atoms with E-state index < -0.39 is 45.1 Å². The molecule has 3 atom stereocenters. The molecule has 0 aromatic heterocycles. The number of carbonyl (C=O) groups excluding carboxylic acids is 1. The third-order valence-electron chi connectivity index (χ3n) is 1.61. The Morgan fingerprint density at radius 2 is 1.76 bits per heavy atom. The number of hydrogen-bond acceptors (Lipinski definition) is 9. The SMILES string of the molecule is O=C(CO)[C@@H](O)[C@H](O)[C@H](O)COP(=O)([O-])[O-].[Zn+2]. The fourth-order valence-electron chi connectivity index (χ4n) is 0.761. The fraction of sp³-hybridized carbons (Fsp3) is 0.833. The van der Waals surface area contributed by atoms with Gasteiger partial charge in [0.2, 0.25) is 0 Å². The third-order valence-corrected chi connectivity index (χ3v) is 2.07. The Morgan fingerprint density at radius 3 is 2.12 bits per heavy atom. The minimum atomic E-state index is -5.31. The van der Waals surface area contributed by atoms with Crippen molar-refractivity contribution in [2.45, 2.75) is 18.3 Å². The van der Waals surface area contributed by atoms with E-state index in [1.54, 1.807) is 0 Å². The van der Waals surface area contributed by atoms with Crippen LogP contribution in [0, 0.1) is 0 Å². The number of carbonyl (C=O) groups is 1. The summed E-state index contributed by atoms with van der Waals surface area (Å²) in [5.41, 5.74) is 0. The first kappa shape index (κ1) is 19.6. The van der Waals surface area contributed by atoms with E-state index in [-0.39, 0.29) is 19.5 Å². The molecule has 0 amide bonds. The molecule has 0 aliphatic carbocycles. The summed E-state index contributed by atoms with van der Waals surface area (Å²) >= 11 is 0. The molecule has 17 heavy (non-hydrogen) atoms. The van der Waals surface area contributed by atoms with Crippen LogP contribution in [0.2, 0.25) is 0 Å². The van der Waals surface area contributed by atoms with Crippen molar-refractivity contribution in [2.75, 3.05) is 13.2 Å². The first-order valence-electron chi connectivity index (χ1n) is 4.03. The summed E-state index contributed by atoms with van der Waals surface area (Å²) in [6, 6.07) is 0. The number of aliphatic hydroxyl groups is 4. The van der Waals surface area contributed by atoms with Crippen LogP contribution in [0.1, 0.15) is 0 Å². The average Bonchev–Trinajstić information content (AvgIpc) is 2.21. The zero-order valence-electron chi connectivity index (χ0n) is 8.63. The van der Waals surface area contributed by atoms with Crippen molar-refractivity contribution in [1.82, 2.24) is 0 Å². The second-order valence-corrected chi connectivity index (χ2v) is 4.02. The second kappa shape index (κ2) is 8.36. The van der Waals surface area contributed by atoms with Crippen LogP contribution in [0.3, 0.4) is 0 Å². The number of hydrogen-bond donors (Lipinski definition) is 4. The summed E-state index contributed by atoms with van der Waals surface area (Å²) in [7, 11) is -5.31. The van der Waals surface area contributed by atoms with Crippen molar-refractivity contribution in [2.24, 2.45) is 0 Å². The van der Waals surface area contributed by atoms with Gasteiger partial charge in [-0.3, -0.25) is 4.79 Å². The van der Waals surface area contributed by atoms with Gasteiger partial charge >= 0.3 is 19.5 Å². The number of Topliss-reactive ketones (excluding diaryl/α,β-unsaturated/α-hetero) is 1. The molecule has 0 saturated carbocycles. The molecule has 11 heteroatoms. The van der Waals surface area contributed by atoms with Gasteiger partial charge in [-0.05, 0) is 0 Å². The zero-order chi connectivity index (χ0) is 12.9. The van der Waals surface area contributed by atoms with Crippen LogP contribution in [0.4, 0.5) is 0 Å². The van der Waals surface area contributed by atoms with Crippen molar-refractivity contribution in [1.29, 1.82) is 0 Å². The average molecular weight is 324 g/mol. The van der Waals surface area contributed by atoms with Crippen LogP contribution in [-0.2, 0) is 33.4 Å². The molecule has 0 aliphatic heterocycles. The zero-order valence-corrected chi connectivity index (χ0v) is 12.5. The van der Waals surface area contributed by atoms with E-state index in [9.17, 15) is 19.1 Å². The topological polar surface area (TPSA) is 170 Å². The molecule has 4 N–H and O–H groups in total. The van der Waals surface area contributed by atoms with Crippen molar-refractivity contribution in [3.63, 3.8) is 0 Å². The van der Waals surface area contributed by atoms with Gasteiger partial charge in [-0.1, -0.05) is 0 Å². The van der Waals surface area contributed by atoms with Gasteiger partial charge < -0.3 is 39.3 Å². The molecular formula is C6H11O9PZn. The largest absolute Gasteiger partial charge is 2.00 e. The summed E-state index contributed by atoms with van der Waals surface area (Å²) in [5, 5.41) is 35.4. The van der Waals surface area contributed by atoms with Crippen LogP contribution in [0.15, 0.2) is 0 Å².